The zero-order valence-corrected chi connectivity index (χ0v) is 40.1. The second kappa shape index (κ2) is 22.6. The van der Waals surface area contributed by atoms with Crippen molar-refractivity contribution < 1.29 is 53.0 Å². The highest BCUT2D eigenvalue weighted by atomic mass is 16.5. The van der Waals surface area contributed by atoms with E-state index in [0.717, 1.165) is 25.7 Å². The summed E-state index contributed by atoms with van der Waals surface area (Å²) in [5.74, 6) is -3.49. The number of hydrogen-bond donors (Lipinski definition) is 7. The first kappa shape index (κ1) is 51.3. The summed E-state index contributed by atoms with van der Waals surface area (Å²) in [5, 5.41) is 37.4. The lowest BCUT2D eigenvalue weighted by Crippen LogP contribution is -2.55. The van der Waals surface area contributed by atoms with Crippen LogP contribution in [0, 0.1) is 5.41 Å². The summed E-state index contributed by atoms with van der Waals surface area (Å²) in [6, 6.07) is 26.4. The van der Waals surface area contributed by atoms with Crippen molar-refractivity contribution in [3.63, 3.8) is 0 Å². The van der Waals surface area contributed by atoms with E-state index >= 15 is 0 Å². The van der Waals surface area contributed by atoms with Gasteiger partial charge in [0.25, 0.3) is 35.4 Å². The number of aromatic amines is 1. The molecule has 4 aliphatic rings. The standard InChI is InChI=1S/C26H27N5O7.C25H29N5O5/c1-15-4-3-11-30(15)24(34)17-5-2-6-19(14-17)31-12-13-37-21(25(31)35)20(32)23(33)27-18-9-7-16(8-10-18)22-28-26(36)38-29-22;1-15-4-3-11-29(15)24(33)17-5-2-6-19(14-17)30-12-13-35-21(25(30)34)20(31)23(32)28-18-9-7-16(8-10-18)22(26)27/h2,5-10,14-15,20-21,32H,3-4,11-13H2,1H3,(H,27,33)(H,28,29,36);2,5-10,14-15,20-21,31H,3-4,11-13H2,1H3,(H3,26,27)(H,28,32)/t2*15-,20+,21+/m00/s1. The lowest BCUT2D eigenvalue weighted by Gasteiger charge is -2.34. The van der Waals surface area contributed by atoms with Crippen molar-refractivity contribution in [2.24, 2.45) is 5.73 Å². The molecule has 5 aromatic rings. The highest BCUT2D eigenvalue weighted by molar-refractivity contribution is 6.06. The number of amidine groups is 1. The third-order valence-electron chi connectivity index (χ3n) is 13.1. The summed E-state index contributed by atoms with van der Waals surface area (Å²) in [4.78, 5) is 97.8. The molecule has 0 bridgehead atoms. The van der Waals surface area contributed by atoms with E-state index in [1.807, 2.05) is 23.6 Å². The molecule has 6 amide bonds. The molecule has 4 saturated heterocycles. The van der Waals surface area contributed by atoms with Gasteiger partial charge < -0.3 is 55.7 Å². The van der Waals surface area contributed by atoms with Crippen molar-refractivity contribution in [1.82, 2.24) is 19.9 Å². The van der Waals surface area contributed by atoms with Gasteiger partial charge in [0.1, 0.15) is 5.84 Å². The minimum atomic E-state index is -1.77. The van der Waals surface area contributed by atoms with Gasteiger partial charge in [-0.3, -0.25) is 43.7 Å². The number of hydrogen-bond acceptors (Lipinski definition) is 14. The maximum atomic E-state index is 13.2. The van der Waals surface area contributed by atoms with Gasteiger partial charge in [0.05, 0.1) is 13.2 Å². The molecule has 4 aliphatic heterocycles. The third kappa shape index (κ3) is 11.7. The molecule has 382 valence electrons. The molecular formula is C51H56N10O12. The number of nitrogens with zero attached hydrogens (tertiary/aromatic N) is 5. The lowest BCUT2D eigenvalue weighted by molar-refractivity contribution is -0.150. The molecular weight excluding hydrogens is 945 g/mol. The van der Waals surface area contributed by atoms with Crippen LogP contribution in [0.3, 0.4) is 0 Å². The molecule has 0 spiro atoms. The number of nitrogens with two attached hydrogens (primary N) is 1. The molecule has 4 aromatic carbocycles. The van der Waals surface area contributed by atoms with Gasteiger partial charge in [0.15, 0.2) is 30.2 Å². The molecule has 5 heterocycles. The Bertz CT molecular complexity index is 2920. The lowest BCUT2D eigenvalue weighted by atomic mass is 10.1. The number of aliphatic hydroxyl groups excluding tert-OH is 2. The number of ether oxygens (including phenoxy) is 2. The van der Waals surface area contributed by atoms with E-state index in [4.69, 9.17) is 20.6 Å². The van der Waals surface area contributed by atoms with Gasteiger partial charge in [-0.25, -0.2) is 4.79 Å². The average Bonchev–Trinajstić information content (AvgIpc) is 4.17. The molecule has 0 radical (unpaired) electrons. The molecule has 9 rings (SSSR count). The Morgan fingerprint density at radius 2 is 1.12 bits per heavy atom. The van der Waals surface area contributed by atoms with Crippen LogP contribution in [0.15, 0.2) is 106 Å². The fourth-order valence-electron chi connectivity index (χ4n) is 9.10. The Morgan fingerprint density at radius 3 is 1.52 bits per heavy atom. The molecule has 4 fully saturated rings. The predicted molar refractivity (Wildman–Crippen MR) is 266 cm³/mol. The number of aliphatic hydroxyl groups is 2. The highest BCUT2D eigenvalue weighted by Crippen LogP contribution is 2.28. The van der Waals surface area contributed by atoms with Gasteiger partial charge in [0.2, 0.25) is 0 Å². The van der Waals surface area contributed by atoms with E-state index in [0.29, 0.717) is 58.1 Å². The summed E-state index contributed by atoms with van der Waals surface area (Å²) in [5.41, 5.74) is 9.16. The number of anilines is 4. The third-order valence-corrected chi connectivity index (χ3v) is 13.1. The molecule has 1 aromatic heterocycles. The predicted octanol–water partition coefficient (Wildman–Crippen LogP) is 2.71. The van der Waals surface area contributed by atoms with Crippen LogP contribution in [0.2, 0.25) is 0 Å². The topological polar surface area (TPSA) is 307 Å². The molecule has 6 atom stereocenters. The Labute approximate surface area is 418 Å². The molecule has 22 nitrogen and oxygen atoms in total. The zero-order chi connectivity index (χ0) is 51.9. The first-order chi connectivity index (χ1) is 35.1. The fourth-order valence-corrected chi connectivity index (χ4v) is 9.10. The first-order valence-corrected chi connectivity index (χ1v) is 23.8. The van der Waals surface area contributed by atoms with Gasteiger partial charge in [-0.2, -0.15) is 0 Å². The van der Waals surface area contributed by atoms with Gasteiger partial charge >= 0.3 is 5.76 Å². The number of carbonyl (C=O) groups is 6. The number of amides is 6. The quantitative estimate of drug-likeness (QED) is 0.0699. The van der Waals surface area contributed by atoms with Crippen molar-refractivity contribution in [2.75, 3.05) is 59.8 Å². The minimum absolute atomic E-state index is 0.0793. The highest BCUT2D eigenvalue weighted by Gasteiger charge is 2.41. The SMILES string of the molecule is C[C@H]1CCCN1C(=O)c1cccc(N2CCO[C@H]([C@@H](O)C(=O)Nc3ccc(-c4noc(=O)[nH]4)cc3)C2=O)c1.C[C@H]1CCCN1C(=O)c1cccc(N2CCO[C@H]([C@@H](O)C(=O)Nc3ccc(C(=N)N)cc3)C2=O)c1. The van der Waals surface area contributed by atoms with E-state index in [1.165, 1.54) is 9.80 Å². The number of morpholine rings is 2. The summed E-state index contributed by atoms with van der Waals surface area (Å²) in [6.45, 7) is 6.12. The number of carbonyl (C=O) groups excluding carboxylic acids is 6. The number of H-pyrrole nitrogens is 1. The Kier molecular flexibility index (Phi) is 15.9. The smallest absolute Gasteiger partial charge is 0.384 e. The largest absolute Gasteiger partial charge is 0.439 e. The first-order valence-electron chi connectivity index (χ1n) is 23.8. The fraction of sp³-hybridized carbons (Fsp3) is 0.353. The maximum Gasteiger partial charge on any atom is 0.439 e. The normalized spacial score (nSPS) is 20.7. The molecule has 22 heteroatoms. The molecule has 0 unspecified atom stereocenters. The molecule has 0 aliphatic carbocycles. The van der Waals surface area contributed by atoms with Crippen LogP contribution in [0.5, 0.6) is 0 Å². The van der Waals surface area contributed by atoms with Crippen LogP contribution in [-0.2, 0) is 28.7 Å². The van der Waals surface area contributed by atoms with E-state index in [9.17, 15) is 43.8 Å². The number of rotatable bonds is 12. The van der Waals surface area contributed by atoms with E-state index in [2.05, 4.69) is 25.3 Å². The average molecular weight is 1000 g/mol. The Hall–Kier alpha value is -8.05. The monoisotopic (exact) mass is 1000 g/mol. The van der Waals surface area contributed by atoms with Crippen LogP contribution in [0.25, 0.3) is 11.4 Å². The molecule has 0 saturated carbocycles. The second-order valence-electron chi connectivity index (χ2n) is 18.0. The summed E-state index contributed by atoms with van der Waals surface area (Å²) >= 11 is 0. The molecule has 73 heavy (non-hydrogen) atoms. The van der Waals surface area contributed by atoms with Crippen molar-refractivity contribution >= 4 is 64.0 Å². The van der Waals surface area contributed by atoms with Crippen molar-refractivity contribution in [2.45, 2.75) is 76.0 Å². The van der Waals surface area contributed by atoms with E-state index in [1.54, 1.807) is 97.1 Å². The number of nitrogens with one attached hydrogen (secondary N) is 4. The molecule has 8 N–H and O–H groups in total. The van der Waals surface area contributed by atoms with Gasteiger partial charge in [0, 0.05) is 83.3 Å². The van der Waals surface area contributed by atoms with Crippen LogP contribution in [-0.4, -0.2) is 147 Å². The van der Waals surface area contributed by atoms with Crippen LogP contribution >= 0.6 is 0 Å². The van der Waals surface area contributed by atoms with Crippen molar-refractivity contribution in [3.8, 4) is 11.4 Å². The van der Waals surface area contributed by atoms with Gasteiger partial charge in [-0.15, -0.1) is 0 Å². The number of benzene rings is 4. The van der Waals surface area contributed by atoms with Gasteiger partial charge in [-0.05, 0) is 124 Å². The second-order valence-corrected chi connectivity index (χ2v) is 18.0. The Balaban J connectivity index is 0.000000196. The summed E-state index contributed by atoms with van der Waals surface area (Å²) < 4.78 is 15.4. The van der Waals surface area contributed by atoms with Crippen LogP contribution in [0.4, 0.5) is 22.7 Å². The number of aromatic nitrogens is 2. The van der Waals surface area contributed by atoms with Crippen molar-refractivity contribution in [3.05, 3.63) is 124 Å². The van der Waals surface area contributed by atoms with Crippen LogP contribution < -0.4 is 31.9 Å². The zero-order valence-electron chi connectivity index (χ0n) is 40.1. The van der Waals surface area contributed by atoms with E-state index in [-0.39, 0.29) is 61.9 Å². The number of nitrogen functional groups attached to an aromatic ring is 1. The minimum Gasteiger partial charge on any atom is -0.384 e. The van der Waals surface area contributed by atoms with Gasteiger partial charge in [-0.1, -0.05) is 17.3 Å². The van der Waals surface area contributed by atoms with E-state index < -0.39 is 53.8 Å². The summed E-state index contributed by atoms with van der Waals surface area (Å²) in [6.07, 6.45) is -2.46. The van der Waals surface area contributed by atoms with Crippen LogP contribution in [0.1, 0.15) is 65.8 Å². The van der Waals surface area contributed by atoms with Crippen molar-refractivity contribution in [1.29, 1.82) is 5.41 Å². The summed E-state index contributed by atoms with van der Waals surface area (Å²) in [7, 11) is 0. The maximum absolute atomic E-state index is 13.2. The Morgan fingerprint density at radius 1 is 0.671 bits per heavy atom. The number of likely N-dealkylation sites (tertiary alicyclic amines) is 2.